The van der Waals surface area contributed by atoms with E-state index in [0.29, 0.717) is 30.1 Å². The second kappa shape index (κ2) is 7.05. The number of aliphatic carboxylic acids is 1. The summed E-state index contributed by atoms with van der Waals surface area (Å²) in [4.78, 5) is 24.9. The highest BCUT2D eigenvalue weighted by molar-refractivity contribution is 7.17. The minimum absolute atomic E-state index is 0.0737. The summed E-state index contributed by atoms with van der Waals surface area (Å²) in [5, 5.41) is 11.8. The monoisotopic (exact) mass is 345 g/mol. The topological polar surface area (TPSA) is 75.6 Å². The summed E-state index contributed by atoms with van der Waals surface area (Å²) in [7, 11) is 0. The molecule has 0 unspecified atom stereocenters. The van der Waals surface area contributed by atoms with Crippen LogP contribution in [0.2, 0.25) is 0 Å². The molecule has 0 bridgehead atoms. The molecule has 2 aromatic rings. The lowest BCUT2D eigenvalue weighted by Gasteiger charge is -2.32. The van der Waals surface area contributed by atoms with Crippen LogP contribution in [0.15, 0.2) is 36.4 Å². The summed E-state index contributed by atoms with van der Waals surface area (Å²) in [6.45, 7) is 2.36. The molecule has 6 heteroatoms. The summed E-state index contributed by atoms with van der Waals surface area (Å²) in [6, 6.07) is 11.7. The van der Waals surface area contributed by atoms with Gasteiger partial charge < -0.3 is 15.2 Å². The predicted molar refractivity (Wildman–Crippen MR) is 92.5 cm³/mol. The van der Waals surface area contributed by atoms with Gasteiger partial charge in [0.05, 0.1) is 12.5 Å². The number of carbonyl (C=O) groups excluding carboxylic acids is 1. The number of carboxylic acids is 1. The summed E-state index contributed by atoms with van der Waals surface area (Å²) in [5.74, 6) is -0.754. The molecule has 1 amide bonds. The number of thiophene rings is 1. The van der Waals surface area contributed by atoms with Crippen molar-refractivity contribution in [2.24, 2.45) is 5.92 Å². The fraction of sp³-hybridized carbons (Fsp3) is 0.333. The van der Waals surface area contributed by atoms with E-state index in [-0.39, 0.29) is 17.9 Å². The first kappa shape index (κ1) is 16.5. The molecule has 24 heavy (non-hydrogen) atoms. The molecule has 1 aromatic heterocycles. The minimum atomic E-state index is -0.794. The van der Waals surface area contributed by atoms with Crippen molar-refractivity contribution < 1.29 is 19.4 Å². The van der Waals surface area contributed by atoms with Crippen LogP contribution in [0.3, 0.4) is 0 Å². The molecule has 1 heterocycles. The third-order valence-corrected chi connectivity index (χ3v) is 5.25. The van der Waals surface area contributed by atoms with Crippen LogP contribution in [0.4, 0.5) is 0 Å². The first-order valence-electron chi connectivity index (χ1n) is 7.94. The number of amides is 1. The van der Waals surface area contributed by atoms with Crippen molar-refractivity contribution in [2.45, 2.75) is 25.8 Å². The zero-order valence-corrected chi connectivity index (χ0v) is 14.1. The van der Waals surface area contributed by atoms with Gasteiger partial charge in [0, 0.05) is 10.9 Å². The largest absolute Gasteiger partial charge is 0.492 e. The maximum atomic E-state index is 12.5. The summed E-state index contributed by atoms with van der Waals surface area (Å²) >= 11 is 1.39. The molecule has 1 aliphatic rings. The van der Waals surface area contributed by atoms with Crippen LogP contribution in [-0.2, 0) is 4.79 Å². The van der Waals surface area contributed by atoms with Crippen molar-refractivity contribution >= 4 is 23.2 Å². The van der Waals surface area contributed by atoms with Crippen LogP contribution < -0.4 is 10.1 Å². The highest BCUT2D eigenvalue weighted by atomic mass is 32.1. The molecule has 5 nitrogen and oxygen atoms in total. The Kier molecular flexibility index (Phi) is 4.85. The smallest absolute Gasteiger partial charge is 0.306 e. The first-order chi connectivity index (χ1) is 11.6. The third kappa shape index (κ3) is 3.43. The van der Waals surface area contributed by atoms with Crippen molar-refractivity contribution in [1.29, 1.82) is 0 Å². The number of carboxylic acid groups (broad SMARTS) is 1. The normalized spacial score (nSPS) is 19.4. The Hall–Kier alpha value is -2.34. The van der Waals surface area contributed by atoms with Gasteiger partial charge in [-0.1, -0.05) is 30.3 Å². The van der Waals surface area contributed by atoms with E-state index < -0.39 is 5.97 Å². The number of carbonyl (C=O) groups is 2. The molecule has 2 N–H and O–H groups in total. The van der Waals surface area contributed by atoms with Gasteiger partial charge in [0.15, 0.2) is 0 Å². The van der Waals surface area contributed by atoms with Gasteiger partial charge in [-0.15, -0.1) is 11.3 Å². The Labute approximate surface area is 144 Å². The maximum Gasteiger partial charge on any atom is 0.306 e. The van der Waals surface area contributed by atoms with Gasteiger partial charge in [0.1, 0.15) is 10.6 Å². The van der Waals surface area contributed by atoms with Crippen molar-refractivity contribution in [3.63, 3.8) is 0 Å². The first-order valence-corrected chi connectivity index (χ1v) is 8.75. The quantitative estimate of drug-likeness (QED) is 0.841. The Bertz CT molecular complexity index is 735. The van der Waals surface area contributed by atoms with Crippen molar-refractivity contribution in [1.82, 2.24) is 5.32 Å². The Balaban J connectivity index is 1.75. The van der Waals surface area contributed by atoms with Gasteiger partial charge in [0.25, 0.3) is 5.91 Å². The van der Waals surface area contributed by atoms with E-state index >= 15 is 0 Å². The van der Waals surface area contributed by atoms with Crippen molar-refractivity contribution in [3.05, 3.63) is 41.3 Å². The lowest BCUT2D eigenvalue weighted by molar-refractivity contribution is -0.145. The summed E-state index contributed by atoms with van der Waals surface area (Å²) in [6.07, 6.45) is 0.976. The molecule has 1 saturated carbocycles. The van der Waals surface area contributed by atoms with Gasteiger partial charge in [-0.2, -0.15) is 0 Å². The van der Waals surface area contributed by atoms with Crippen molar-refractivity contribution in [2.75, 3.05) is 6.61 Å². The summed E-state index contributed by atoms with van der Waals surface area (Å²) in [5.41, 5.74) is 1.04. The maximum absolute atomic E-state index is 12.5. The van der Waals surface area contributed by atoms with Gasteiger partial charge in [0.2, 0.25) is 0 Å². The number of nitrogens with one attached hydrogen (secondary N) is 1. The van der Waals surface area contributed by atoms with E-state index in [1.54, 1.807) is 0 Å². The van der Waals surface area contributed by atoms with E-state index in [4.69, 9.17) is 9.84 Å². The van der Waals surface area contributed by atoms with Crippen LogP contribution in [0.1, 0.15) is 29.4 Å². The molecular formula is C18H19NO4S. The van der Waals surface area contributed by atoms with Gasteiger partial charge in [-0.3, -0.25) is 9.59 Å². The highest BCUT2D eigenvalue weighted by Gasteiger charge is 2.36. The van der Waals surface area contributed by atoms with E-state index in [0.717, 1.165) is 10.4 Å². The van der Waals surface area contributed by atoms with Crippen LogP contribution in [0.5, 0.6) is 5.75 Å². The zero-order valence-electron chi connectivity index (χ0n) is 13.3. The van der Waals surface area contributed by atoms with Gasteiger partial charge in [-0.25, -0.2) is 0 Å². The molecular weight excluding hydrogens is 326 g/mol. The Morgan fingerprint density at radius 3 is 2.62 bits per heavy atom. The van der Waals surface area contributed by atoms with Gasteiger partial charge >= 0.3 is 5.97 Å². The molecule has 0 spiro atoms. The van der Waals surface area contributed by atoms with Crippen LogP contribution >= 0.6 is 11.3 Å². The molecule has 0 saturated heterocycles. The van der Waals surface area contributed by atoms with Crippen molar-refractivity contribution in [3.8, 4) is 16.2 Å². The molecule has 1 aliphatic carbocycles. The van der Waals surface area contributed by atoms with E-state index in [9.17, 15) is 9.59 Å². The molecule has 1 fully saturated rings. The molecule has 1 aromatic carbocycles. The lowest BCUT2D eigenvalue weighted by Crippen LogP contribution is -2.46. The molecule has 126 valence electrons. The second-order valence-electron chi connectivity index (χ2n) is 5.78. The van der Waals surface area contributed by atoms with Crippen LogP contribution in [0.25, 0.3) is 10.4 Å². The van der Waals surface area contributed by atoms with E-state index in [1.807, 2.05) is 43.3 Å². The number of rotatable bonds is 6. The number of hydrogen-bond donors (Lipinski definition) is 2. The predicted octanol–water partition coefficient (Wildman–Crippen LogP) is 3.41. The van der Waals surface area contributed by atoms with E-state index in [2.05, 4.69) is 5.32 Å². The fourth-order valence-corrected chi connectivity index (χ4v) is 3.74. The number of benzene rings is 1. The second-order valence-corrected chi connectivity index (χ2v) is 6.83. The molecule has 0 radical (unpaired) electrons. The zero-order chi connectivity index (χ0) is 17.1. The lowest BCUT2D eigenvalue weighted by atomic mass is 9.80. The Morgan fingerprint density at radius 1 is 1.29 bits per heavy atom. The third-order valence-electron chi connectivity index (χ3n) is 4.08. The number of ether oxygens (including phenoxy) is 1. The average Bonchev–Trinajstić information content (AvgIpc) is 2.95. The average molecular weight is 345 g/mol. The van der Waals surface area contributed by atoms with Gasteiger partial charge in [-0.05, 0) is 31.4 Å². The molecule has 0 atom stereocenters. The highest BCUT2D eigenvalue weighted by Crippen LogP contribution is 2.37. The standard InChI is InChI=1S/C18H19NO4S/c1-2-23-14-10-15(11-6-4-3-5-7-11)24-16(14)17(20)19-13-8-12(9-13)18(21)22/h3-7,10,12-13H,2,8-9H2,1H3,(H,19,20)(H,21,22). The molecule has 0 aliphatic heterocycles. The molecule has 3 rings (SSSR count). The summed E-state index contributed by atoms with van der Waals surface area (Å²) < 4.78 is 5.61. The fourth-order valence-electron chi connectivity index (χ4n) is 2.73. The Morgan fingerprint density at radius 2 is 2.00 bits per heavy atom. The van der Waals surface area contributed by atoms with Crippen LogP contribution in [-0.4, -0.2) is 29.6 Å². The van der Waals surface area contributed by atoms with E-state index in [1.165, 1.54) is 11.3 Å². The van der Waals surface area contributed by atoms with Crippen LogP contribution in [0, 0.1) is 5.92 Å². The minimum Gasteiger partial charge on any atom is -0.492 e. The SMILES string of the molecule is CCOc1cc(-c2ccccc2)sc1C(=O)NC1CC(C(=O)O)C1. The number of hydrogen-bond acceptors (Lipinski definition) is 4.